The van der Waals surface area contributed by atoms with Crippen molar-refractivity contribution < 1.29 is 15.6 Å². The molecule has 0 saturated heterocycles. The van der Waals surface area contributed by atoms with Gasteiger partial charge in [-0.2, -0.15) is 10.2 Å². The largest absolute Gasteiger partial charge is 0.472 e. The van der Waals surface area contributed by atoms with Gasteiger partial charge in [-0.3, -0.25) is 0 Å². The maximum Gasteiger partial charge on any atom is 0.257 e. The van der Waals surface area contributed by atoms with E-state index in [4.69, 9.17) is 15.6 Å². The Hall–Kier alpha value is -3.16. The maximum absolute atomic E-state index is 9.52. The number of rotatable bonds is 9. The zero-order valence-electron chi connectivity index (χ0n) is 17.5. The fraction of sp³-hybridized carbons (Fsp3) is 0.474. The van der Waals surface area contributed by atoms with Crippen LogP contribution in [0, 0.1) is 11.3 Å². The summed E-state index contributed by atoms with van der Waals surface area (Å²) in [5.74, 6) is 0.603. The Balaban J connectivity index is 1.72. The summed E-state index contributed by atoms with van der Waals surface area (Å²) in [6, 6.07) is 3.86. The summed E-state index contributed by atoms with van der Waals surface area (Å²) in [7, 11) is 3.15. The molecule has 0 aromatic carbocycles. The third-order valence-electron chi connectivity index (χ3n) is 4.50. The Morgan fingerprint density at radius 2 is 2.24 bits per heavy atom. The quantitative estimate of drug-likeness (QED) is 0.585. The van der Waals surface area contributed by atoms with Crippen LogP contribution in [0.3, 0.4) is 0 Å². The lowest BCUT2D eigenvalue weighted by atomic mass is 10.3. The summed E-state index contributed by atoms with van der Waals surface area (Å²) < 4.78 is 27.8. The number of ether oxygens (including phenoxy) is 3. The van der Waals surface area contributed by atoms with E-state index in [0.717, 1.165) is 18.2 Å². The second-order valence-corrected chi connectivity index (χ2v) is 6.94. The van der Waals surface area contributed by atoms with E-state index in [0.29, 0.717) is 29.5 Å². The van der Waals surface area contributed by atoms with Crippen LogP contribution in [-0.4, -0.2) is 51.2 Å². The Labute approximate surface area is 169 Å². The Morgan fingerprint density at radius 3 is 2.93 bits per heavy atom. The van der Waals surface area contributed by atoms with Crippen LogP contribution in [0.15, 0.2) is 18.4 Å². The molecular weight excluding hydrogens is 374 g/mol. The predicted molar refractivity (Wildman–Crippen MR) is 105 cm³/mol. The maximum atomic E-state index is 9.52. The van der Waals surface area contributed by atoms with Crippen molar-refractivity contribution in [3.8, 4) is 11.9 Å². The molecule has 3 heterocycles. The molecule has 3 aromatic rings. The molecule has 29 heavy (non-hydrogen) atoms. The number of anilines is 2. The zero-order valence-corrected chi connectivity index (χ0v) is 16.5. The first-order chi connectivity index (χ1) is 14.5. The van der Waals surface area contributed by atoms with Crippen LogP contribution in [-0.2, 0) is 16.2 Å². The molecule has 152 valence electrons. The first-order valence-electron chi connectivity index (χ1n) is 9.82. The number of fused-ring (bicyclic) bond motifs is 1. The van der Waals surface area contributed by atoms with Gasteiger partial charge in [-0.25, -0.2) is 9.67 Å². The number of hydrogen-bond donors (Lipinski definition) is 1. The lowest BCUT2D eigenvalue weighted by Gasteiger charge is -2.15. The van der Waals surface area contributed by atoms with Crippen molar-refractivity contribution in [2.45, 2.75) is 38.6 Å². The highest BCUT2D eigenvalue weighted by molar-refractivity contribution is 5.79. The van der Waals surface area contributed by atoms with Crippen molar-refractivity contribution >= 4 is 22.7 Å². The van der Waals surface area contributed by atoms with Crippen molar-refractivity contribution in [2.24, 2.45) is 0 Å². The lowest BCUT2D eigenvalue weighted by molar-refractivity contribution is 0.118. The van der Waals surface area contributed by atoms with Crippen LogP contribution in [0.1, 0.15) is 32.9 Å². The molecule has 1 fully saturated rings. The smallest absolute Gasteiger partial charge is 0.257 e. The standard InChI is InChI=1S/C19H23N7O3/c1-12(10-27-2)26-14(7-20)6-13-8-21-19(23-17(13)26)22-16-9-25(11-28-3)24-18(16)29-15-4-5-15/h6,8-9,12,15H,4-5,10-11H2,1-3H3,(H,21,22,23)/t12-/m0/s1/i9D. The topological polar surface area (TPSA) is 112 Å². The second kappa shape index (κ2) is 8.06. The van der Waals surface area contributed by atoms with Crippen LogP contribution >= 0.6 is 0 Å². The average Bonchev–Trinajstić information content (AvgIpc) is 3.41. The molecule has 0 radical (unpaired) electrons. The number of hydrogen-bond acceptors (Lipinski definition) is 8. The normalized spacial score (nSPS) is 15.2. The molecule has 0 spiro atoms. The van der Waals surface area contributed by atoms with Gasteiger partial charge < -0.3 is 24.1 Å². The molecule has 0 amide bonds. The van der Waals surface area contributed by atoms with E-state index in [2.05, 4.69) is 26.5 Å². The minimum atomic E-state index is -0.0881. The zero-order chi connectivity index (χ0) is 21.3. The van der Waals surface area contributed by atoms with Gasteiger partial charge in [0.05, 0.1) is 20.2 Å². The minimum absolute atomic E-state index is 0.0881. The van der Waals surface area contributed by atoms with Gasteiger partial charge in [0.1, 0.15) is 35.9 Å². The number of methoxy groups -OCH3 is 2. The fourth-order valence-electron chi connectivity index (χ4n) is 3.08. The van der Waals surface area contributed by atoms with Crippen molar-refractivity contribution in [2.75, 3.05) is 26.1 Å². The third kappa shape index (κ3) is 4.01. The van der Waals surface area contributed by atoms with E-state index in [1.165, 1.54) is 11.8 Å². The molecular formula is C19H23N7O3. The van der Waals surface area contributed by atoms with Crippen LogP contribution in [0.5, 0.6) is 5.88 Å². The number of nitrogens with one attached hydrogen (secondary N) is 1. The van der Waals surface area contributed by atoms with E-state index < -0.39 is 0 Å². The summed E-state index contributed by atoms with van der Waals surface area (Å²) in [6.45, 7) is 2.52. The van der Waals surface area contributed by atoms with Gasteiger partial charge >= 0.3 is 0 Å². The summed E-state index contributed by atoms with van der Waals surface area (Å²) >= 11 is 0. The van der Waals surface area contributed by atoms with E-state index in [1.807, 2.05) is 11.5 Å². The van der Waals surface area contributed by atoms with E-state index in [1.54, 1.807) is 19.4 Å². The van der Waals surface area contributed by atoms with Crippen molar-refractivity contribution in [1.82, 2.24) is 24.3 Å². The molecule has 0 unspecified atom stereocenters. The molecule has 4 rings (SSSR count). The molecule has 0 aliphatic heterocycles. The summed E-state index contributed by atoms with van der Waals surface area (Å²) in [4.78, 5) is 8.95. The van der Waals surface area contributed by atoms with Crippen molar-refractivity contribution in [3.63, 3.8) is 0 Å². The fourth-order valence-corrected chi connectivity index (χ4v) is 3.08. The monoisotopic (exact) mass is 398 g/mol. The van der Waals surface area contributed by atoms with Gasteiger partial charge in [-0.05, 0) is 25.8 Å². The highest BCUT2D eigenvalue weighted by Gasteiger charge is 2.26. The van der Waals surface area contributed by atoms with Crippen molar-refractivity contribution in [3.05, 3.63) is 24.1 Å². The third-order valence-corrected chi connectivity index (χ3v) is 4.50. The molecule has 0 bridgehead atoms. The summed E-state index contributed by atoms with van der Waals surface area (Å²) in [5.41, 5.74) is 1.46. The molecule has 10 heteroatoms. The second-order valence-electron chi connectivity index (χ2n) is 6.94. The predicted octanol–water partition coefficient (Wildman–Crippen LogP) is 2.60. The molecule has 3 aromatic heterocycles. The molecule has 1 N–H and O–H groups in total. The van der Waals surface area contributed by atoms with Gasteiger partial charge in [0.15, 0.2) is 0 Å². The summed E-state index contributed by atoms with van der Waals surface area (Å²) in [5, 5.41) is 17.7. The molecule has 1 saturated carbocycles. The number of nitriles is 1. The Kier molecular flexibility index (Phi) is 4.98. The Bertz CT molecular complexity index is 1100. The van der Waals surface area contributed by atoms with Crippen LogP contribution in [0.2, 0.25) is 0 Å². The highest BCUT2D eigenvalue weighted by atomic mass is 16.5. The van der Waals surface area contributed by atoms with Gasteiger partial charge in [0, 0.05) is 25.8 Å². The SMILES string of the molecule is [2H]c1c(Nc2ncc3cc(C#N)n([C@@H](C)COC)c3n2)c(OC2CC2)nn1COC. The molecule has 1 atom stereocenters. The van der Waals surface area contributed by atoms with Crippen LogP contribution < -0.4 is 10.1 Å². The molecule has 1 aliphatic carbocycles. The molecule has 1 aliphatic rings. The van der Waals surface area contributed by atoms with Crippen LogP contribution in [0.25, 0.3) is 11.0 Å². The minimum Gasteiger partial charge on any atom is -0.472 e. The van der Waals surface area contributed by atoms with Gasteiger partial charge in [0.25, 0.3) is 5.88 Å². The average molecular weight is 398 g/mol. The summed E-state index contributed by atoms with van der Waals surface area (Å²) in [6.07, 6.45) is 3.80. The lowest BCUT2D eigenvalue weighted by Crippen LogP contribution is -2.13. The number of nitrogens with zero attached hydrogens (tertiary/aromatic N) is 6. The highest BCUT2D eigenvalue weighted by Crippen LogP contribution is 2.32. The van der Waals surface area contributed by atoms with E-state index in [9.17, 15) is 5.26 Å². The Morgan fingerprint density at radius 1 is 1.41 bits per heavy atom. The van der Waals surface area contributed by atoms with Gasteiger partial charge in [-0.15, -0.1) is 5.10 Å². The van der Waals surface area contributed by atoms with Gasteiger partial charge in [0.2, 0.25) is 5.95 Å². The van der Waals surface area contributed by atoms with Gasteiger partial charge in [-0.1, -0.05) is 0 Å². The number of aromatic nitrogens is 5. The first-order valence-corrected chi connectivity index (χ1v) is 9.32. The van der Waals surface area contributed by atoms with Crippen molar-refractivity contribution in [1.29, 1.82) is 5.26 Å². The molecule has 10 nitrogen and oxygen atoms in total. The van der Waals surface area contributed by atoms with E-state index in [-0.39, 0.29) is 31.0 Å². The van der Waals surface area contributed by atoms with E-state index >= 15 is 0 Å². The first kappa shape index (κ1) is 17.9. The van der Waals surface area contributed by atoms with Crippen LogP contribution in [0.4, 0.5) is 11.6 Å².